The van der Waals surface area contributed by atoms with Crippen LogP contribution in [0.4, 0.5) is 18.9 Å². The van der Waals surface area contributed by atoms with Crippen LogP contribution in [-0.4, -0.2) is 26.6 Å². The summed E-state index contributed by atoms with van der Waals surface area (Å²) >= 11 is 4.92. The zero-order valence-electron chi connectivity index (χ0n) is 8.06. The van der Waals surface area contributed by atoms with E-state index in [1.807, 2.05) is 0 Å². The van der Waals surface area contributed by atoms with Crippen LogP contribution in [-0.2, 0) is 0 Å². The van der Waals surface area contributed by atoms with Crippen molar-refractivity contribution in [1.29, 1.82) is 0 Å². The molecule has 7 nitrogen and oxygen atoms in total. The third-order valence-corrected chi connectivity index (χ3v) is 1.75. The van der Waals surface area contributed by atoms with Crippen molar-refractivity contribution in [3.63, 3.8) is 0 Å². The lowest BCUT2D eigenvalue weighted by molar-refractivity contribution is -0.389. The molecule has 1 heterocycles. The van der Waals surface area contributed by atoms with E-state index in [9.17, 15) is 28.1 Å². The molecule has 18 heavy (non-hydrogen) atoms. The average molecular weight is 287 g/mol. The Balaban J connectivity index is 3.51. The summed E-state index contributed by atoms with van der Waals surface area (Å²) in [6.07, 6.45) is -4.92. The maximum absolute atomic E-state index is 12.0. The van der Waals surface area contributed by atoms with Crippen molar-refractivity contribution >= 4 is 22.5 Å². The summed E-state index contributed by atoms with van der Waals surface area (Å²) in [7, 11) is 0. The molecule has 0 fully saturated rings. The first-order chi connectivity index (χ1) is 8.13. The van der Waals surface area contributed by atoms with Crippen molar-refractivity contribution in [3.05, 3.63) is 22.0 Å². The lowest BCUT2D eigenvalue weighted by Crippen LogP contribution is -2.19. The SMILES string of the molecule is O=C(Cl)c1ncc(O)c(OC(F)(F)F)c1[N+](=O)[O-]. The molecule has 0 aliphatic carbocycles. The Hall–Kier alpha value is -2.10. The molecule has 0 saturated heterocycles. The zero-order chi connectivity index (χ0) is 14.1. The standard InChI is InChI=1S/C7H2ClF3N2O5/c8-6(15)3-4(13(16)17)5(2(14)1-12-3)18-7(9,10)11/h1,14H. The van der Waals surface area contributed by atoms with E-state index in [1.54, 1.807) is 0 Å². The fraction of sp³-hybridized carbons (Fsp3) is 0.143. The Labute approximate surface area is 101 Å². The lowest BCUT2D eigenvalue weighted by Gasteiger charge is -2.10. The van der Waals surface area contributed by atoms with Crippen LogP contribution in [0.5, 0.6) is 11.5 Å². The summed E-state index contributed by atoms with van der Waals surface area (Å²) in [5, 5.41) is 18.2. The second-order valence-corrected chi connectivity index (χ2v) is 3.09. The molecular weight excluding hydrogens is 285 g/mol. The van der Waals surface area contributed by atoms with E-state index in [1.165, 1.54) is 0 Å². The molecule has 0 saturated carbocycles. The van der Waals surface area contributed by atoms with Crippen LogP contribution in [0.1, 0.15) is 10.5 Å². The van der Waals surface area contributed by atoms with Crippen LogP contribution < -0.4 is 4.74 Å². The fourth-order valence-electron chi connectivity index (χ4n) is 1.00. The quantitative estimate of drug-likeness (QED) is 0.517. The Kier molecular flexibility index (Phi) is 3.60. The number of hydrogen-bond donors (Lipinski definition) is 1. The highest BCUT2D eigenvalue weighted by atomic mass is 35.5. The van der Waals surface area contributed by atoms with Gasteiger partial charge < -0.3 is 9.84 Å². The molecule has 1 N–H and O–H groups in total. The molecule has 0 atom stereocenters. The van der Waals surface area contributed by atoms with Crippen LogP contribution in [0.25, 0.3) is 0 Å². The number of alkyl halides is 3. The highest BCUT2D eigenvalue weighted by Crippen LogP contribution is 2.41. The molecule has 11 heteroatoms. The van der Waals surface area contributed by atoms with E-state index < -0.39 is 39.4 Å². The van der Waals surface area contributed by atoms with Gasteiger partial charge in [-0.25, -0.2) is 4.98 Å². The van der Waals surface area contributed by atoms with Gasteiger partial charge in [-0.1, -0.05) is 0 Å². The second-order valence-electron chi connectivity index (χ2n) is 2.75. The molecule has 0 amide bonds. The fourth-order valence-corrected chi connectivity index (χ4v) is 1.14. The van der Waals surface area contributed by atoms with Crippen LogP contribution in [0, 0.1) is 10.1 Å². The number of nitrogens with zero attached hydrogens (tertiary/aromatic N) is 2. The highest BCUT2D eigenvalue weighted by Gasteiger charge is 2.39. The number of pyridine rings is 1. The van der Waals surface area contributed by atoms with Gasteiger partial charge in [-0.05, 0) is 11.6 Å². The van der Waals surface area contributed by atoms with Gasteiger partial charge in [0.15, 0.2) is 5.75 Å². The maximum Gasteiger partial charge on any atom is 0.573 e. The smallest absolute Gasteiger partial charge is 0.503 e. The van der Waals surface area contributed by atoms with Gasteiger partial charge in [-0.3, -0.25) is 14.9 Å². The first-order valence-electron chi connectivity index (χ1n) is 3.95. The molecule has 1 aromatic heterocycles. The van der Waals surface area contributed by atoms with Gasteiger partial charge >= 0.3 is 12.0 Å². The van der Waals surface area contributed by atoms with Gasteiger partial charge in [0.25, 0.3) is 11.0 Å². The third-order valence-electron chi connectivity index (χ3n) is 1.57. The van der Waals surface area contributed by atoms with Gasteiger partial charge in [0.1, 0.15) is 0 Å². The van der Waals surface area contributed by atoms with Crippen LogP contribution in [0.2, 0.25) is 0 Å². The molecule has 0 spiro atoms. The van der Waals surface area contributed by atoms with Crippen molar-refractivity contribution in [3.8, 4) is 11.5 Å². The van der Waals surface area contributed by atoms with Crippen molar-refractivity contribution in [2.75, 3.05) is 0 Å². The van der Waals surface area contributed by atoms with Crippen LogP contribution >= 0.6 is 11.6 Å². The topological polar surface area (TPSA) is 103 Å². The van der Waals surface area contributed by atoms with Gasteiger partial charge in [0.2, 0.25) is 5.69 Å². The molecule has 98 valence electrons. The van der Waals surface area contributed by atoms with Gasteiger partial charge in [-0.15, -0.1) is 13.2 Å². The van der Waals surface area contributed by atoms with Gasteiger partial charge in [0.05, 0.1) is 11.1 Å². The van der Waals surface area contributed by atoms with E-state index in [2.05, 4.69) is 9.72 Å². The predicted octanol–water partition coefficient (Wildman–Crippen LogP) is 1.97. The number of carbonyl (C=O) groups is 1. The monoisotopic (exact) mass is 286 g/mol. The van der Waals surface area contributed by atoms with E-state index in [4.69, 9.17) is 16.7 Å². The van der Waals surface area contributed by atoms with Crippen molar-refractivity contribution in [2.45, 2.75) is 6.36 Å². The number of aromatic hydroxyl groups is 1. The minimum atomic E-state index is -5.30. The van der Waals surface area contributed by atoms with Gasteiger partial charge in [-0.2, -0.15) is 0 Å². The number of hydrogen-bond acceptors (Lipinski definition) is 6. The van der Waals surface area contributed by atoms with Crippen molar-refractivity contribution < 1.29 is 32.7 Å². The predicted molar refractivity (Wildman–Crippen MR) is 49.4 cm³/mol. The third kappa shape index (κ3) is 2.97. The number of ether oxygens (including phenoxy) is 1. The van der Waals surface area contributed by atoms with Crippen LogP contribution in [0.15, 0.2) is 6.20 Å². The first-order valence-corrected chi connectivity index (χ1v) is 4.33. The maximum atomic E-state index is 12.0. The Morgan fingerprint density at radius 2 is 2.11 bits per heavy atom. The molecule has 0 aliphatic rings. The molecule has 0 aliphatic heterocycles. The molecular formula is C7H2ClF3N2O5. The number of halogens is 4. The van der Waals surface area contributed by atoms with Gasteiger partial charge in [0, 0.05) is 0 Å². The first kappa shape index (κ1) is 14.0. The summed E-state index contributed by atoms with van der Waals surface area (Å²) in [5.41, 5.74) is -2.54. The van der Waals surface area contributed by atoms with E-state index in [-0.39, 0.29) is 0 Å². The number of aromatic nitrogens is 1. The highest BCUT2D eigenvalue weighted by molar-refractivity contribution is 6.68. The summed E-state index contributed by atoms with van der Waals surface area (Å²) in [6.45, 7) is 0. The summed E-state index contributed by atoms with van der Waals surface area (Å²) < 4.78 is 39.3. The molecule has 1 aromatic rings. The molecule has 1 rings (SSSR count). The largest absolute Gasteiger partial charge is 0.573 e. The summed E-state index contributed by atoms with van der Waals surface area (Å²) in [4.78, 5) is 23.1. The normalized spacial score (nSPS) is 11.1. The Morgan fingerprint density at radius 1 is 1.56 bits per heavy atom. The Morgan fingerprint density at radius 3 is 2.50 bits per heavy atom. The molecule has 0 unspecified atom stereocenters. The molecule has 0 bridgehead atoms. The van der Waals surface area contributed by atoms with E-state index in [0.717, 1.165) is 0 Å². The van der Waals surface area contributed by atoms with Crippen molar-refractivity contribution in [2.24, 2.45) is 0 Å². The summed E-state index contributed by atoms with van der Waals surface area (Å²) in [5.74, 6) is -2.80. The van der Waals surface area contributed by atoms with E-state index >= 15 is 0 Å². The number of nitro groups is 1. The zero-order valence-corrected chi connectivity index (χ0v) is 8.82. The number of carbonyl (C=O) groups excluding carboxylic acids is 1. The van der Waals surface area contributed by atoms with Crippen LogP contribution in [0.3, 0.4) is 0 Å². The van der Waals surface area contributed by atoms with E-state index in [0.29, 0.717) is 6.20 Å². The summed E-state index contributed by atoms with van der Waals surface area (Å²) in [6, 6.07) is 0. The second kappa shape index (κ2) is 4.64. The average Bonchev–Trinajstić information content (AvgIpc) is 2.17. The molecule has 0 aromatic carbocycles. The lowest BCUT2D eigenvalue weighted by atomic mass is 10.3. The minimum Gasteiger partial charge on any atom is -0.503 e. The minimum absolute atomic E-state index is 0.379. The van der Waals surface area contributed by atoms with Crippen molar-refractivity contribution in [1.82, 2.24) is 4.98 Å². The number of rotatable bonds is 3. The Bertz CT molecular complexity index is 519. The molecule has 0 radical (unpaired) electrons.